The third-order valence-corrected chi connectivity index (χ3v) is 5.38. The van der Waals surface area contributed by atoms with Gasteiger partial charge in [-0.3, -0.25) is 9.78 Å². The summed E-state index contributed by atoms with van der Waals surface area (Å²) in [6.45, 7) is 2.23. The number of aromatic nitrogens is 2. The first kappa shape index (κ1) is 17.5. The number of hydrogen-bond acceptors (Lipinski definition) is 6. The first-order valence-electron chi connectivity index (χ1n) is 8.71. The average Bonchev–Trinajstić information content (AvgIpc) is 3.27. The number of amides is 1. The molecule has 7 heteroatoms. The Kier molecular flexibility index (Phi) is 5.02. The van der Waals surface area contributed by atoms with E-state index in [0.717, 1.165) is 39.6 Å². The molecule has 0 radical (unpaired) electrons. The van der Waals surface area contributed by atoms with Crippen molar-refractivity contribution in [3.63, 3.8) is 0 Å². The SMILES string of the molecule is Cc1nc(NC(=O)CCc2cccnc2)sc1Cc1ccc2c(c1)OCO2. The summed E-state index contributed by atoms with van der Waals surface area (Å²) in [5, 5.41) is 3.54. The number of carbonyl (C=O) groups excluding carboxylic acids is 1. The van der Waals surface area contributed by atoms with Gasteiger partial charge in [-0.15, -0.1) is 11.3 Å². The minimum atomic E-state index is -0.0396. The van der Waals surface area contributed by atoms with Gasteiger partial charge >= 0.3 is 0 Å². The first-order valence-corrected chi connectivity index (χ1v) is 9.52. The normalized spacial score (nSPS) is 12.2. The van der Waals surface area contributed by atoms with E-state index >= 15 is 0 Å². The molecule has 0 bridgehead atoms. The van der Waals surface area contributed by atoms with E-state index in [1.807, 2.05) is 37.3 Å². The molecule has 0 spiro atoms. The summed E-state index contributed by atoms with van der Waals surface area (Å²) in [5.41, 5.74) is 3.10. The summed E-state index contributed by atoms with van der Waals surface area (Å²) in [5.74, 6) is 1.52. The highest BCUT2D eigenvalue weighted by Crippen LogP contribution is 2.34. The van der Waals surface area contributed by atoms with Crippen molar-refractivity contribution in [1.29, 1.82) is 0 Å². The molecule has 3 aromatic rings. The van der Waals surface area contributed by atoms with Gasteiger partial charge in [0.15, 0.2) is 16.6 Å². The highest BCUT2D eigenvalue weighted by molar-refractivity contribution is 7.15. The number of fused-ring (bicyclic) bond motifs is 1. The van der Waals surface area contributed by atoms with Crippen LogP contribution in [0.2, 0.25) is 0 Å². The first-order chi connectivity index (χ1) is 13.2. The molecule has 2 aromatic heterocycles. The zero-order valence-corrected chi connectivity index (χ0v) is 15.7. The smallest absolute Gasteiger partial charge is 0.231 e. The molecule has 0 fully saturated rings. The zero-order chi connectivity index (χ0) is 18.6. The number of pyridine rings is 1. The quantitative estimate of drug-likeness (QED) is 0.704. The molecule has 0 aliphatic carbocycles. The summed E-state index contributed by atoms with van der Waals surface area (Å²) in [6.07, 6.45) is 5.31. The molecule has 138 valence electrons. The van der Waals surface area contributed by atoms with Crippen LogP contribution in [0.3, 0.4) is 0 Å². The van der Waals surface area contributed by atoms with Crippen molar-refractivity contribution in [1.82, 2.24) is 9.97 Å². The van der Waals surface area contributed by atoms with Crippen LogP contribution in [0.15, 0.2) is 42.7 Å². The van der Waals surface area contributed by atoms with Crippen LogP contribution in [0.1, 0.15) is 28.1 Å². The molecule has 1 aliphatic heterocycles. The number of benzene rings is 1. The Labute approximate surface area is 161 Å². The van der Waals surface area contributed by atoms with Crippen LogP contribution in [0.25, 0.3) is 0 Å². The van der Waals surface area contributed by atoms with Crippen molar-refractivity contribution in [3.8, 4) is 11.5 Å². The van der Waals surface area contributed by atoms with Crippen LogP contribution in [0.4, 0.5) is 5.13 Å². The standard InChI is InChI=1S/C20H19N3O3S/c1-13-18(10-15-4-6-16-17(9-15)26-12-25-16)27-20(22-13)23-19(24)7-5-14-3-2-8-21-11-14/h2-4,6,8-9,11H,5,7,10,12H2,1H3,(H,22,23,24). The predicted molar refractivity (Wildman–Crippen MR) is 103 cm³/mol. The molecule has 6 nitrogen and oxygen atoms in total. The Morgan fingerprint density at radius 3 is 2.96 bits per heavy atom. The fraction of sp³-hybridized carbons (Fsp3) is 0.250. The van der Waals surface area contributed by atoms with Gasteiger partial charge in [-0.25, -0.2) is 4.98 Å². The maximum Gasteiger partial charge on any atom is 0.231 e. The van der Waals surface area contributed by atoms with Gasteiger partial charge in [-0.05, 0) is 42.7 Å². The Balaban J connectivity index is 1.37. The molecular weight excluding hydrogens is 362 g/mol. The van der Waals surface area contributed by atoms with Crippen molar-refractivity contribution < 1.29 is 14.3 Å². The number of thiazole rings is 1. The summed E-state index contributed by atoms with van der Waals surface area (Å²) < 4.78 is 10.8. The third-order valence-electron chi connectivity index (χ3n) is 4.30. The Morgan fingerprint density at radius 1 is 1.22 bits per heavy atom. The summed E-state index contributed by atoms with van der Waals surface area (Å²) in [4.78, 5) is 21.9. The predicted octanol–water partition coefficient (Wildman–Crippen LogP) is 3.74. The Hall–Kier alpha value is -2.93. The number of anilines is 1. The molecule has 0 unspecified atom stereocenters. The van der Waals surface area contributed by atoms with E-state index in [-0.39, 0.29) is 12.7 Å². The minimum Gasteiger partial charge on any atom is -0.454 e. The number of nitrogens with one attached hydrogen (secondary N) is 1. The number of aryl methyl sites for hydroxylation is 2. The Morgan fingerprint density at radius 2 is 2.11 bits per heavy atom. The lowest BCUT2D eigenvalue weighted by atomic mass is 10.1. The van der Waals surface area contributed by atoms with Crippen LogP contribution in [0.5, 0.6) is 11.5 Å². The van der Waals surface area contributed by atoms with E-state index < -0.39 is 0 Å². The maximum atomic E-state index is 12.2. The number of hydrogen-bond donors (Lipinski definition) is 1. The lowest BCUT2D eigenvalue weighted by molar-refractivity contribution is -0.116. The van der Waals surface area contributed by atoms with Crippen LogP contribution >= 0.6 is 11.3 Å². The van der Waals surface area contributed by atoms with Crippen molar-refractivity contribution in [2.75, 3.05) is 12.1 Å². The lowest BCUT2D eigenvalue weighted by Gasteiger charge is -2.02. The van der Waals surface area contributed by atoms with Gasteiger partial charge in [0.05, 0.1) is 5.69 Å². The van der Waals surface area contributed by atoms with Gasteiger partial charge in [0.1, 0.15) is 0 Å². The topological polar surface area (TPSA) is 73.3 Å². The molecule has 4 rings (SSSR count). The van der Waals surface area contributed by atoms with Crippen molar-refractivity contribution >= 4 is 22.4 Å². The van der Waals surface area contributed by atoms with Crippen LogP contribution in [-0.2, 0) is 17.6 Å². The average molecular weight is 381 g/mol. The van der Waals surface area contributed by atoms with E-state index in [1.54, 1.807) is 12.4 Å². The second kappa shape index (κ2) is 7.75. The number of rotatable bonds is 6. The number of carbonyl (C=O) groups is 1. The third kappa shape index (κ3) is 4.25. The second-order valence-electron chi connectivity index (χ2n) is 6.30. The Bertz CT molecular complexity index is 956. The molecule has 1 N–H and O–H groups in total. The van der Waals surface area contributed by atoms with Crippen LogP contribution in [0, 0.1) is 6.92 Å². The fourth-order valence-corrected chi connectivity index (χ4v) is 3.88. The van der Waals surface area contributed by atoms with E-state index in [4.69, 9.17) is 9.47 Å². The molecule has 0 atom stereocenters. The molecule has 0 saturated carbocycles. The summed E-state index contributed by atoms with van der Waals surface area (Å²) in [6, 6.07) is 9.79. The fourth-order valence-electron chi connectivity index (χ4n) is 2.87. The lowest BCUT2D eigenvalue weighted by Crippen LogP contribution is -2.12. The molecule has 0 saturated heterocycles. The number of nitrogens with zero attached hydrogens (tertiary/aromatic N) is 2. The van der Waals surface area contributed by atoms with Gasteiger partial charge in [0, 0.05) is 30.1 Å². The van der Waals surface area contributed by atoms with Gasteiger partial charge in [0.2, 0.25) is 12.7 Å². The summed E-state index contributed by atoms with van der Waals surface area (Å²) >= 11 is 1.51. The van der Waals surface area contributed by atoms with Gasteiger partial charge in [0.25, 0.3) is 0 Å². The molecule has 1 aromatic carbocycles. The van der Waals surface area contributed by atoms with Crippen molar-refractivity contribution in [2.45, 2.75) is 26.2 Å². The molecule has 1 aliphatic rings. The van der Waals surface area contributed by atoms with Crippen LogP contribution < -0.4 is 14.8 Å². The monoisotopic (exact) mass is 381 g/mol. The molecular formula is C20H19N3O3S. The van der Waals surface area contributed by atoms with E-state index in [1.165, 1.54) is 11.3 Å². The van der Waals surface area contributed by atoms with E-state index in [9.17, 15) is 4.79 Å². The van der Waals surface area contributed by atoms with E-state index in [0.29, 0.717) is 18.0 Å². The van der Waals surface area contributed by atoms with Gasteiger partial charge in [-0.2, -0.15) is 0 Å². The van der Waals surface area contributed by atoms with Gasteiger partial charge < -0.3 is 14.8 Å². The highest BCUT2D eigenvalue weighted by Gasteiger charge is 2.15. The van der Waals surface area contributed by atoms with Crippen LogP contribution in [-0.4, -0.2) is 22.7 Å². The zero-order valence-electron chi connectivity index (χ0n) is 14.9. The van der Waals surface area contributed by atoms with Gasteiger partial charge in [-0.1, -0.05) is 12.1 Å². The largest absolute Gasteiger partial charge is 0.454 e. The summed E-state index contributed by atoms with van der Waals surface area (Å²) in [7, 11) is 0. The maximum absolute atomic E-state index is 12.2. The van der Waals surface area contributed by atoms with Crippen molar-refractivity contribution in [3.05, 3.63) is 64.4 Å². The van der Waals surface area contributed by atoms with Crippen molar-refractivity contribution in [2.24, 2.45) is 0 Å². The molecule has 27 heavy (non-hydrogen) atoms. The minimum absolute atomic E-state index is 0.0396. The second-order valence-corrected chi connectivity index (χ2v) is 7.39. The number of ether oxygens (including phenoxy) is 2. The van der Waals surface area contributed by atoms with E-state index in [2.05, 4.69) is 15.3 Å². The molecule has 1 amide bonds. The molecule has 3 heterocycles. The highest BCUT2D eigenvalue weighted by atomic mass is 32.1.